The van der Waals surface area contributed by atoms with Crippen molar-refractivity contribution in [3.63, 3.8) is 0 Å². The van der Waals surface area contributed by atoms with Crippen LogP contribution in [0.25, 0.3) is 0 Å². The molecule has 0 aliphatic carbocycles. The van der Waals surface area contributed by atoms with Crippen LogP contribution in [0.5, 0.6) is 0 Å². The van der Waals surface area contributed by atoms with Gasteiger partial charge in [0.05, 0.1) is 17.2 Å². The van der Waals surface area contributed by atoms with Gasteiger partial charge in [-0.2, -0.15) is 5.26 Å². The summed E-state index contributed by atoms with van der Waals surface area (Å²) in [5, 5.41) is 20.2. The molecule has 2 aliphatic rings. The fourth-order valence-corrected chi connectivity index (χ4v) is 5.45. The van der Waals surface area contributed by atoms with Crippen LogP contribution in [0.3, 0.4) is 0 Å². The average Bonchev–Trinajstić information content (AvgIpc) is 2.63. The fourth-order valence-electron chi connectivity index (χ4n) is 3.29. The number of rotatable bonds is 1. The Kier molecular flexibility index (Phi) is 2.76. The number of nitriles is 1. The molecule has 2 heterocycles. The number of fused-ring (bicyclic) bond motifs is 2. The summed E-state index contributed by atoms with van der Waals surface area (Å²) < 4.78 is 12.0. The number of nitrogens with zero attached hydrogens (tertiary/aromatic N) is 1. The van der Waals surface area contributed by atoms with E-state index in [2.05, 4.69) is 6.07 Å². The van der Waals surface area contributed by atoms with E-state index in [1.54, 1.807) is 12.1 Å². The van der Waals surface area contributed by atoms with Crippen molar-refractivity contribution in [1.82, 2.24) is 0 Å². The highest BCUT2D eigenvalue weighted by molar-refractivity contribution is 7.86. The first-order chi connectivity index (χ1) is 8.64. The lowest BCUT2D eigenvalue weighted by Gasteiger charge is -2.36. The maximum Gasteiger partial charge on any atom is 0.0995 e. The Bertz CT molecular complexity index is 533. The van der Waals surface area contributed by atoms with Gasteiger partial charge in [0.15, 0.2) is 0 Å². The van der Waals surface area contributed by atoms with Gasteiger partial charge in [-0.05, 0) is 31.7 Å². The lowest BCUT2D eigenvalue weighted by atomic mass is 9.83. The molecule has 18 heavy (non-hydrogen) atoms. The molecular weight excluding hydrogens is 246 g/mol. The molecule has 2 bridgehead atoms. The lowest BCUT2D eigenvalue weighted by molar-refractivity contribution is 0.0182. The Balaban J connectivity index is 2.02. The van der Waals surface area contributed by atoms with Crippen LogP contribution < -0.4 is 0 Å². The number of hydrogen-bond donors (Lipinski definition) is 1. The minimum Gasteiger partial charge on any atom is -0.385 e. The van der Waals surface area contributed by atoms with Crippen LogP contribution in [0.1, 0.15) is 36.8 Å². The van der Waals surface area contributed by atoms with E-state index >= 15 is 0 Å². The third-order valence-corrected chi connectivity index (χ3v) is 6.27. The summed E-state index contributed by atoms with van der Waals surface area (Å²) >= 11 is 0. The molecule has 1 aromatic carbocycles. The van der Waals surface area contributed by atoms with Gasteiger partial charge in [-0.3, -0.25) is 4.21 Å². The van der Waals surface area contributed by atoms with Gasteiger partial charge in [0.25, 0.3) is 0 Å². The highest BCUT2D eigenvalue weighted by Crippen LogP contribution is 2.46. The van der Waals surface area contributed by atoms with Crippen LogP contribution >= 0.6 is 0 Å². The molecule has 0 aromatic heterocycles. The molecule has 1 aromatic rings. The molecular formula is C14H15NO2S. The van der Waals surface area contributed by atoms with Gasteiger partial charge in [-0.15, -0.1) is 0 Å². The smallest absolute Gasteiger partial charge is 0.0995 e. The summed E-state index contributed by atoms with van der Waals surface area (Å²) in [5.41, 5.74) is 0.277. The second-order valence-corrected chi connectivity index (χ2v) is 7.24. The molecule has 0 amide bonds. The Morgan fingerprint density at radius 2 is 1.89 bits per heavy atom. The molecule has 0 radical (unpaired) electrons. The second kappa shape index (κ2) is 4.18. The van der Waals surface area contributed by atoms with Gasteiger partial charge in [-0.25, -0.2) is 0 Å². The van der Waals surface area contributed by atoms with Crippen molar-refractivity contribution in [3.05, 3.63) is 35.4 Å². The van der Waals surface area contributed by atoms with Crippen molar-refractivity contribution < 1.29 is 9.32 Å². The summed E-state index contributed by atoms with van der Waals surface area (Å²) in [6.07, 6.45) is 2.92. The largest absolute Gasteiger partial charge is 0.385 e. The van der Waals surface area contributed by atoms with Crippen molar-refractivity contribution in [1.29, 1.82) is 5.26 Å². The summed E-state index contributed by atoms with van der Waals surface area (Å²) in [6.45, 7) is 0. The van der Waals surface area contributed by atoms with E-state index in [9.17, 15) is 9.32 Å². The van der Waals surface area contributed by atoms with Crippen molar-refractivity contribution in [2.75, 3.05) is 0 Å². The molecule has 2 aliphatic heterocycles. The molecule has 0 saturated carbocycles. The fraction of sp³-hybridized carbons (Fsp3) is 0.500. The number of aliphatic hydroxyl groups is 1. The molecule has 1 N–H and O–H groups in total. The predicted octanol–water partition coefficient (Wildman–Crippen LogP) is 1.82. The quantitative estimate of drug-likeness (QED) is 0.838. The normalized spacial score (nSPS) is 38.3. The summed E-state index contributed by atoms with van der Waals surface area (Å²) in [4.78, 5) is 0. The van der Waals surface area contributed by atoms with Crippen LogP contribution in [0, 0.1) is 11.3 Å². The van der Waals surface area contributed by atoms with E-state index in [1.807, 2.05) is 12.1 Å². The van der Waals surface area contributed by atoms with Gasteiger partial charge >= 0.3 is 0 Å². The van der Waals surface area contributed by atoms with Crippen molar-refractivity contribution in [3.8, 4) is 6.07 Å². The topological polar surface area (TPSA) is 61.1 Å². The highest BCUT2D eigenvalue weighted by Gasteiger charge is 2.48. The first-order valence-corrected chi connectivity index (χ1v) is 7.53. The highest BCUT2D eigenvalue weighted by atomic mass is 32.2. The first kappa shape index (κ1) is 11.9. The first-order valence-electron chi connectivity index (χ1n) is 6.25. The van der Waals surface area contributed by atoms with Gasteiger partial charge in [0, 0.05) is 26.9 Å². The van der Waals surface area contributed by atoms with Crippen molar-refractivity contribution >= 4 is 10.8 Å². The third kappa shape index (κ3) is 1.70. The molecule has 3 nitrogen and oxygen atoms in total. The van der Waals surface area contributed by atoms with E-state index < -0.39 is 16.4 Å². The second-order valence-electron chi connectivity index (χ2n) is 5.25. The van der Waals surface area contributed by atoms with E-state index in [4.69, 9.17) is 5.26 Å². The van der Waals surface area contributed by atoms with Crippen molar-refractivity contribution in [2.45, 2.75) is 41.8 Å². The minimum absolute atomic E-state index is 0.0977. The SMILES string of the molecule is N#Cc1ccccc1C1(O)CC2CCC(C1)S2=O. The van der Waals surface area contributed by atoms with Gasteiger partial charge in [0.1, 0.15) is 0 Å². The Morgan fingerprint density at radius 3 is 2.50 bits per heavy atom. The number of hydrogen-bond acceptors (Lipinski definition) is 3. The van der Waals surface area contributed by atoms with Gasteiger partial charge in [-0.1, -0.05) is 18.2 Å². The van der Waals surface area contributed by atoms with E-state index in [0.717, 1.165) is 12.8 Å². The van der Waals surface area contributed by atoms with Crippen LogP contribution in [-0.2, 0) is 16.4 Å². The molecule has 2 saturated heterocycles. The molecule has 0 spiro atoms. The predicted molar refractivity (Wildman–Crippen MR) is 69.2 cm³/mol. The van der Waals surface area contributed by atoms with Crippen LogP contribution in [0.2, 0.25) is 0 Å². The summed E-state index contributed by atoms with van der Waals surface area (Å²) in [5.74, 6) is 0. The zero-order valence-electron chi connectivity index (χ0n) is 10.0. The molecule has 3 rings (SSSR count). The molecule has 2 atom stereocenters. The molecule has 2 fully saturated rings. The maximum absolute atomic E-state index is 12.0. The zero-order chi connectivity index (χ0) is 12.8. The van der Waals surface area contributed by atoms with Crippen LogP contribution in [0.4, 0.5) is 0 Å². The lowest BCUT2D eigenvalue weighted by Crippen LogP contribution is -2.40. The Labute approximate surface area is 109 Å². The summed E-state index contributed by atoms with van der Waals surface area (Å²) in [6, 6.07) is 9.36. The third-order valence-electron chi connectivity index (χ3n) is 4.15. The maximum atomic E-state index is 12.0. The van der Waals surface area contributed by atoms with Gasteiger partial charge < -0.3 is 5.11 Å². The Morgan fingerprint density at radius 1 is 1.28 bits per heavy atom. The monoisotopic (exact) mass is 261 g/mol. The molecule has 2 unspecified atom stereocenters. The van der Waals surface area contributed by atoms with Crippen LogP contribution in [0.15, 0.2) is 24.3 Å². The molecule has 4 heteroatoms. The van der Waals surface area contributed by atoms with Crippen molar-refractivity contribution in [2.24, 2.45) is 0 Å². The standard InChI is InChI=1S/C14H15NO2S/c15-9-10-3-1-2-4-13(10)14(16)7-11-5-6-12(8-14)18(11)17/h1-4,11-12,16H,5-8H2. The average molecular weight is 261 g/mol. The van der Waals surface area contributed by atoms with Gasteiger partial charge in [0.2, 0.25) is 0 Å². The summed E-state index contributed by atoms with van der Waals surface area (Å²) in [7, 11) is -0.790. The Hall–Kier alpha value is -1.18. The number of benzene rings is 1. The van der Waals surface area contributed by atoms with E-state index in [1.165, 1.54) is 0 Å². The van der Waals surface area contributed by atoms with E-state index in [0.29, 0.717) is 24.0 Å². The van der Waals surface area contributed by atoms with E-state index in [-0.39, 0.29) is 10.5 Å². The van der Waals surface area contributed by atoms with Crippen LogP contribution in [-0.4, -0.2) is 19.8 Å². The zero-order valence-corrected chi connectivity index (χ0v) is 10.8. The minimum atomic E-state index is -0.966. The molecule has 94 valence electrons.